The topological polar surface area (TPSA) is 117 Å². The number of amides is 5. The van der Waals surface area contributed by atoms with Crippen molar-refractivity contribution in [2.45, 2.75) is 83.8 Å². The molecule has 11 heteroatoms. The minimum absolute atomic E-state index is 0.0459. The molecule has 240 valence electrons. The van der Waals surface area contributed by atoms with Crippen molar-refractivity contribution < 1.29 is 32.7 Å². The van der Waals surface area contributed by atoms with Gasteiger partial charge in [-0.25, -0.2) is 13.6 Å². The van der Waals surface area contributed by atoms with Gasteiger partial charge in [0, 0.05) is 31.9 Å². The summed E-state index contributed by atoms with van der Waals surface area (Å²) in [6, 6.07) is 5.20. The first-order valence-corrected chi connectivity index (χ1v) is 15.7. The molecule has 1 aromatic carbocycles. The van der Waals surface area contributed by atoms with Crippen LogP contribution in [0.3, 0.4) is 0 Å². The fraction of sp³-hybridized carbons (Fsp3) is 0.576. The summed E-state index contributed by atoms with van der Waals surface area (Å²) in [5.74, 6) is -0.954. The van der Waals surface area contributed by atoms with Crippen molar-refractivity contribution in [3.63, 3.8) is 0 Å². The van der Waals surface area contributed by atoms with Crippen LogP contribution in [0.2, 0.25) is 0 Å². The highest BCUT2D eigenvalue weighted by molar-refractivity contribution is 6.07. The van der Waals surface area contributed by atoms with Crippen LogP contribution in [0.25, 0.3) is 0 Å². The number of halogens is 2. The second-order valence-electron chi connectivity index (χ2n) is 12.0. The van der Waals surface area contributed by atoms with Crippen LogP contribution >= 0.6 is 0 Å². The molecule has 0 bridgehead atoms. The summed E-state index contributed by atoms with van der Waals surface area (Å²) in [7, 11) is 0. The summed E-state index contributed by atoms with van der Waals surface area (Å²) < 4.78 is 30.0. The predicted octanol–water partition coefficient (Wildman–Crippen LogP) is 4.91. The largest absolute Gasteiger partial charge is 0.381 e. The van der Waals surface area contributed by atoms with E-state index in [0.717, 1.165) is 42.9 Å². The number of carbonyl (C=O) groups is 4. The number of allylic oxidation sites excluding steroid dienone is 4. The van der Waals surface area contributed by atoms with E-state index in [1.165, 1.54) is 6.08 Å². The lowest BCUT2D eigenvalue weighted by atomic mass is 9.71. The van der Waals surface area contributed by atoms with Crippen molar-refractivity contribution in [1.82, 2.24) is 15.5 Å². The SMILES string of the molecule is CC.CC1Cc2cc(NC(=O)CN3CCCC4(CCOCC4)C3=O)ccc2CC12NC(=O)NC2=O.FC1=CC(F)CCC=C1. The van der Waals surface area contributed by atoms with Gasteiger partial charge in [-0.1, -0.05) is 32.9 Å². The number of fused-ring (bicyclic) bond motifs is 1. The van der Waals surface area contributed by atoms with E-state index in [-0.39, 0.29) is 35.6 Å². The number of alkyl halides is 1. The number of piperidine rings is 1. The van der Waals surface area contributed by atoms with Crippen LogP contribution in [0.5, 0.6) is 0 Å². The maximum atomic E-state index is 13.1. The maximum Gasteiger partial charge on any atom is 0.322 e. The first-order valence-electron chi connectivity index (χ1n) is 15.7. The molecule has 3 unspecified atom stereocenters. The number of hydrogen-bond donors (Lipinski definition) is 3. The smallest absolute Gasteiger partial charge is 0.322 e. The minimum atomic E-state index is -1.10. The second-order valence-corrected chi connectivity index (χ2v) is 12.0. The molecule has 0 aromatic heterocycles. The quantitative estimate of drug-likeness (QED) is 0.419. The minimum Gasteiger partial charge on any atom is -0.381 e. The molecule has 3 saturated heterocycles. The molecule has 9 nitrogen and oxygen atoms in total. The number of ether oxygens (including phenoxy) is 1. The number of rotatable bonds is 3. The summed E-state index contributed by atoms with van der Waals surface area (Å²) >= 11 is 0. The first-order chi connectivity index (χ1) is 21.1. The summed E-state index contributed by atoms with van der Waals surface area (Å²) in [5, 5.41) is 8.11. The van der Waals surface area contributed by atoms with Crippen LogP contribution in [0.1, 0.15) is 70.4 Å². The number of nitrogens with zero attached hydrogens (tertiary/aromatic N) is 1. The van der Waals surface area contributed by atoms with Crippen molar-refractivity contribution in [3.8, 4) is 0 Å². The molecule has 2 aliphatic carbocycles. The van der Waals surface area contributed by atoms with Gasteiger partial charge in [0.25, 0.3) is 5.91 Å². The van der Waals surface area contributed by atoms with E-state index in [4.69, 9.17) is 4.74 Å². The lowest BCUT2D eigenvalue weighted by Gasteiger charge is -2.43. The number of likely N-dealkylation sites (tertiary alicyclic amines) is 1. The monoisotopic (exact) mass is 614 g/mol. The van der Waals surface area contributed by atoms with Crippen molar-refractivity contribution in [2.24, 2.45) is 11.3 Å². The summed E-state index contributed by atoms with van der Waals surface area (Å²) in [6.45, 7) is 7.81. The van der Waals surface area contributed by atoms with Crippen LogP contribution in [0.4, 0.5) is 19.3 Å². The molecule has 3 heterocycles. The molecule has 6 rings (SSSR count). The van der Waals surface area contributed by atoms with E-state index in [1.54, 1.807) is 11.0 Å². The van der Waals surface area contributed by atoms with E-state index in [0.29, 0.717) is 51.1 Å². The van der Waals surface area contributed by atoms with E-state index in [9.17, 15) is 28.0 Å². The average Bonchev–Trinajstić information content (AvgIpc) is 3.14. The van der Waals surface area contributed by atoms with Gasteiger partial charge >= 0.3 is 6.03 Å². The Labute approximate surface area is 257 Å². The van der Waals surface area contributed by atoms with Gasteiger partial charge in [-0.3, -0.25) is 19.7 Å². The Hall–Kier alpha value is -3.60. The Morgan fingerprint density at radius 1 is 1.14 bits per heavy atom. The molecule has 3 aliphatic heterocycles. The molecule has 3 atom stereocenters. The highest BCUT2D eigenvalue weighted by Gasteiger charge is 2.52. The van der Waals surface area contributed by atoms with Gasteiger partial charge in [-0.05, 0) is 86.3 Å². The molecular formula is C33H44F2N4O5. The van der Waals surface area contributed by atoms with Crippen LogP contribution in [0, 0.1) is 11.3 Å². The predicted molar refractivity (Wildman–Crippen MR) is 163 cm³/mol. The fourth-order valence-electron chi connectivity index (χ4n) is 6.69. The van der Waals surface area contributed by atoms with Crippen LogP contribution in [-0.2, 0) is 32.0 Å². The normalized spacial score (nSPS) is 27.1. The lowest BCUT2D eigenvalue weighted by Crippen LogP contribution is -2.56. The lowest BCUT2D eigenvalue weighted by molar-refractivity contribution is -0.154. The first kappa shape index (κ1) is 33.3. The van der Waals surface area contributed by atoms with E-state index in [1.807, 2.05) is 39.0 Å². The molecule has 0 saturated carbocycles. The number of urea groups is 1. The number of imide groups is 1. The average molecular weight is 615 g/mol. The van der Waals surface area contributed by atoms with E-state index >= 15 is 0 Å². The van der Waals surface area contributed by atoms with Crippen molar-refractivity contribution in [2.75, 3.05) is 31.6 Å². The zero-order valence-electron chi connectivity index (χ0n) is 25.8. The number of hydrogen-bond acceptors (Lipinski definition) is 5. The standard InChI is InChI=1S/C24H30N4O5.C7H8F2.C2H6/c1-15-11-17-12-18(4-3-16(17)13-24(15)20(30)26-22(32)27-24)25-19(29)14-28-8-2-5-23(21(28)31)6-9-33-10-7-23;8-6-3-1-2-4-7(9)5-6;1-2/h3-4,12,15H,2,5-11,13-14H2,1H3,(H,25,29)(H2,26,27,30,32);1,3,5,7H,2,4H2;1-2H3. The summed E-state index contributed by atoms with van der Waals surface area (Å²) in [6.07, 6.45) is 8.16. The van der Waals surface area contributed by atoms with Gasteiger partial charge in [0.1, 0.15) is 17.5 Å². The third-order valence-electron chi connectivity index (χ3n) is 9.13. The molecule has 0 radical (unpaired) electrons. The Kier molecular flexibility index (Phi) is 10.9. The molecular weight excluding hydrogens is 570 g/mol. The number of anilines is 1. The Bertz CT molecular complexity index is 1300. The zero-order valence-corrected chi connectivity index (χ0v) is 25.8. The van der Waals surface area contributed by atoms with Gasteiger partial charge < -0.3 is 20.3 Å². The molecule has 5 amide bonds. The van der Waals surface area contributed by atoms with Crippen molar-refractivity contribution >= 4 is 29.4 Å². The van der Waals surface area contributed by atoms with Crippen LogP contribution < -0.4 is 16.0 Å². The summed E-state index contributed by atoms with van der Waals surface area (Å²) in [5.41, 5.74) is 1.43. The van der Waals surface area contributed by atoms with Crippen LogP contribution in [0.15, 0.2) is 42.3 Å². The fourth-order valence-corrected chi connectivity index (χ4v) is 6.69. The Morgan fingerprint density at radius 2 is 1.89 bits per heavy atom. The van der Waals surface area contributed by atoms with E-state index < -0.39 is 23.6 Å². The van der Waals surface area contributed by atoms with E-state index in [2.05, 4.69) is 16.0 Å². The molecule has 3 fully saturated rings. The maximum absolute atomic E-state index is 13.1. The number of nitrogens with one attached hydrogen (secondary N) is 3. The zero-order chi connectivity index (χ0) is 31.9. The molecule has 2 spiro atoms. The van der Waals surface area contributed by atoms with Gasteiger partial charge in [0.15, 0.2) is 0 Å². The second kappa shape index (κ2) is 14.5. The highest BCUT2D eigenvalue weighted by atomic mass is 19.1. The van der Waals surface area contributed by atoms with Crippen molar-refractivity contribution in [1.29, 1.82) is 0 Å². The van der Waals surface area contributed by atoms with Gasteiger partial charge in [-0.15, -0.1) is 0 Å². The van der Waals surface area contributed by atoms with Crippen molar-refractivity contribution in [3.05, 3.63) is 53.4 Å². The van der Waals surface area contributed by atoms with Gasteiger partial charge in [-0.2, -0.15) is 0 Å². The van der Waals surface area contributed by atoms with Crippen LogP contribution in [-0.4, -0.2) is 66.7 Å². The van der Waals surface area contributed by atoms with Gasteiger partial charge in [0.05, 0.1) is 12.0 Å². The Balaban J connectivity index is 0.000000343. The third-order valence-corrected chi connectivity index (χ3v) is 9.13. The third kappa shape index (κ3) is 7.36. The molecule has 3 N–H and O–H groups in total. The molecule has 1 aromatic rings. The Morgan fingerprint density at radius 3 is 2.59 bits per heavy atom. The number of carbonyl (C=O) groups excluding carboxylic acids is 4. The summed E-state index contributed by atoms with van der Waals surface area (Å²) in [4.78, 5) is 51.7. The number of benzene rings is 1. The van der Waals surface area contributed by atoms with Gasteiger partial charge in [0.2, 0.25) is 11.8 Å². The highest BCUT2D eigenvalue weighted by Crippen LogP contribution is 2.40. The molecule has 5 aliphatic rings. The molecule has 44 heavy (non-hydrogen) atoms.